The zero-order valence-electron chi connectivity index (χ0n) is 10.3. The summed E-state index contributed by atoms with van der Waals surface area (Å²) in [5, 5.41) is 8.91. The second kappa shape index (κ2) is 6.04. The molecule has 0 fully saturated rings. The first-order valence-corrected chi connectivity index (χ1v) is 5.40. The third kappa shape index (κ3) is 2.18. The largest absolute Gasteiger partial charge is 2.00 e. The number of hydrogen-bond acceptors (Lipinski definition) is 3. The smallest absolute Gasteiger partial charge is 1.00 e. The van der Waals surface area contributed by atoms with Crippen molar-refractivity contribution in [1.82, 2.24) is 0 Å². The number of hydrogen-bond donors (Lipinski definition) is 0. The molecule has 1 aliphatic carbocycles. The van der Waals surface area contributed by atoms with Crippen LogP contribution in [0.5, 0.6) is 0 Å². The molecule has 0 bridgehead atoms. The zero-order chi connectivity index (χ0) is 12.7. The van der Waals surface area contributed by atoms with E-state index in [2.05, 4.69) is 4.98 Å². The minimum absolute atomic E-state index is 0. The van der Waals surface area contributed by atoms with Crippen LogP contribution in [0.25, 0.3) is 4.98 Å². The van der Waals surface area contributed by atoms with Gasteiger partial charge in [-0.3, -0.25) is 9.59 Å². The van der Waals surface area contributed by atoms with Gasteiger partial charge in [-0.1, -0.05) is 30.3 Å². The molecule has 0 aromatic heterocycles. The fourth-order valence-electron chi connectivity index (χ4n) is 2.21. The number of rotatable bonds is 0. The van der Waals surface area contributed by atoms with Crippen molar-refractivity contribution in [2.75, 3.05) is 0 Å². The molecule has 0 amide bonds. The number of carbonyl (C=O) groups is 2. The van der Waals surface area contributed by atoms with Crippen LogP contribution in [0, 0.1) is 5.39 Å². The van der Waals surface area contributed by atoms with E-state index in [0.717, 1.165) is 0 Å². The summed E-state index contributed by atoms with van der Waals surface area (Å²) in [6.45, 7) is 0. The number of fused-ring (bicyclic) bond motifs is 2. The molecule has 2 aromatic rings. The zero-order valence-corrected chi connectivity index (χ0v) is 14.1. The van der Waals surface area contributed by atoms with E-state index in [1.165, 1.54) is 6.07 Å². The van der Waals surface area contributed by atoms with Crippen molar-refractivity contribution in [3.05, 3.63) is 69.7 Å². The molecular formula is C14H7ClN2O2Zn+2. The van der Waals surface area contributed by atoms with E-state index in [9.17, 15) is 9.59 Å². The quantitative estimate of drug-likeness (QED) is 0.427. The molecule has 4 nitrogen and oxygen atoms in total. The molecule has 0 spiro atoms. The van der Waals surface area contributed by atoms with Crippen molar-refractivity contribution in [2.45, 2.75) is 0 Å². The second-order valence-electron chi connectivity index (χ2n) is 4.00. The molecule has 0 heterocycles. The van der Waals surface area contributed by atoms with Gasteiger partial charge >= 0.3 is 25.2 Å². The maximum absolute atomic E-state index is 12.3. The molecule has 1 aliphatic rings. The molecule has 0 saturated carbocycles. The third-order valence-corrected chi connectivity index (χ3v) is 3.04. The van der Waals surface area contributed by atoms with Crippen molar-refractivity contribution >= 4 is 17.3 Å². The van der Waals surface area contributed by atoms with Crippen LogP contribution in [-0.2, 0) is 19.5 Å². The summed E-state index contributed by atoms with van der Waals surface area (Å²) in [6, 6.07) is 11.3. The summed E-state index contributed by atoms with van der Waals surface area (Å²) >= 11 is 0. The van der Waals surface area contributed by atoms with Crippen LogP contribution >= 0.6 is 0 Å². The summed E-state index contributed by atoms with van der Waals surface area (Å²) in [5.74, 6) is -0.501. The van der Waals surface area contributed by atoms with Gasteiger partial charge in [-0.15, -0.1) is 0 Å². The Labute approximate surface area is 134 Å². The van der Waals surface area contributed by atoms with Gasteiger partial charge in [0.25, 0.3) is 0 Å². The van der Waals surface area contributed by atoms with Crippen LogP contribution in [0.3, 0.4) is 0 Å². The van der Waals surface area contributed by atoms with Gasteiger partial charge in [0, 0.05) is 22.8 Å². The number of ketones is 2. The minimum atomic E-state index is -0.284. The molecular weight excluding hydrogens is 329 g/mol. The molecule has 0 saturated heterocycles. The standard InChI is InChI=1S/C14H7N2O2.ClH.Zn/c15-16-11-7-3-6-10-12(11)14(18)9-5-2-1-4-8(9)13(10)17;;/h1-7H;1H;/q+1;;+2/p-1. The van der Waals surface area contributed by atoms with Gasteiger partial charge in [-0.25, -0.2) is 0 Å². The topological polar surface area (TPSA) is 62.3 Å². The second-order valence-corrected chi connectivity index (χ2v) is 4.00. The molecule has 0 aliphatic heterocycles. The maximum Gasteiger partial charge on any atom is 2.00 e. The first-order chi connectivity index (χ1) is 8.74. The van der Waals surface area contributed by atoms with Gasteiger partial charge in [-0.2, -0.15) is 0 Å². The summed E-state index contributed by atoms with van der Waals surface area (Å²) in [4.78, 5) is 27.6. The van der Waals surface area contributed by atoms with Gasteiger partial charge < -0.3 is 12.4 Å². The van der Waals surface area contributed by atoms with Crippen molar-refractivity contribution in [2.24, 2.45) is 0 Å². The molecule has 92 valence electrons. The third-order valence-electron chi connectivity index (χ3n) is 3.04. The first-order valence-electron chi connectivity index (χ1n) is 5.40. The van der Waals surface area contributed by atoms with Crippen molar-refractivity contribution in [3.63, 3.8) is 0 Å². The Morgan fingerprint density at radius 2 is 1.35 bits per heavy atom. The number of halogens is 1. The van der Waals surface area contributed by atoms with Gasteiger partial charge in [-0.05, 0) is 6.07 Å². The van der Waals surface area contributed by atoms with Crippen LogP contribution in [0.15, 0.2) is 42.5 Å². The van der Waals surface area contributed by atoms with Crippen LogP contribution < -0.4 is 12.4 Å². The van der Waals surface area contributed by atoms with Gasteiger partial charge in [0.15, 0.2) is 10.8 Å². The number of carbonyl (C=O) groups excluding carboxylic acids is 2. The van der Waals surface area contributed by atoms with Crippen LogP contribution in [0.1, 0.15) is 31.8 Å². The molecule has 0 atom stereocenters. The fourth-order valence-corrected chi connectivity index (χ4v) is 2.21. The van der Waals surface area contributed by atoms with E-state index < -0.39 is 0 Å². The van der Waals surface area contributed by atoms with E-state index in [4.69, 9.17) is 5.39 Å². The van der Waals surface area contributed by atoms with Gasteiger partial charge in [0.2, 0.25) is 11.2 Å². The Kier molecular flexibility index (Phi) is 4.89. The summed E-state index contributed by atoms with van der Waals surface area (Å²) in [6.07, 6.45) is 0. The molecule has 2 aromatic carbocycles. The van der Waals surface area contributed by atoms with E-state index in [0.29, 0.717) is 11.1 Å². The Balaban J connectivity index is 0.000001000. The Bertz CT molecular complexity index is 753. The number of diazo groups is 1. The van der Waals surface area contributed by atoms with Gasteiger partial charge in [0.05, 0.1) is 0 Å². The summed E-state index contributed by atoms with van der Waals surface area (Å²) < 4.78 is 0. The molecule has 0 N–H and O–H groups in total. The van der Waals surface area contributed by atoms with E-state index in [1.54, 1.807) is 36.4 Å². The van der Waals surface area contributed by atoms with Gasteiger partial charge in [0.1, 0.15) is 5.56 Å². The number of nitrogens with zero attached hydrogens (tertiary/aromatic N) is 2. The molecule has 6 heteroatoms. The SMILES string of the molecule is N#[N+]c1cccc2c1C(=O)c1ccccc1C2=O.[Cl-].[Zn+2]. The minimum Gasteiger partial charge on any atom is -1.00 e. The average molecular weight is 336 g/mol. The average Bonchev–Trinajstić information content (AvgIpc) is 2.44. The van der Waals surface area contributed by atoms with Crippen LogP contribution in [0.2, 0.25) is 0 Å². The number of benzene rings is 2. The van der Waals surface area contributed by atoms with E-state index in [1.807, 2.05) is 0 Å². The van der Waals surface area contributed by atoms with E-state index >= 15 is 0 Å². The maximum atomic E-state index is 12.3. The summed E-state index contributed by atoms with van der Waals surface area (Å²) in [7, 11) is 0. The predicted molar refractivity (Wildman–Crippen MR) is 64.5 cm³/mol. The molecule has 20 heavy (non-hydrogen) atoms. The van der Waals surface area contributed by atoms with Crippen molar-refractivity contribution in [3.8, 4) is 0 Å². The normalized spacial score (nSPS) is 11.3. The van der Waals surface area contributed by atoms with Crippen molar-refractivity contribution < 1.29 is 41.5 Å². The summed E-state index contributed by atoms with van der Waals surface area (Å²) in [5.41, 5.74) is 1.33. The Hall–Kier alpha value is -1.89. The molecule has 0 radical (unpaired) electrons. The first kappa shape index (κ1) is 16.2. The fraction of sp³-hybridized carbons (Fsp3) is 0. The Morgan fingerprint density at radius 3 is 1.95 bits per heavy atom. The van der Waals surface area contributed by atoms with Crippen molar-refractivity contribution in [1.29, 1.82) is 5.39 Å². The van der Waals surface area contributed by atoms with E-state index in [-0.39, 0.29) is 60.3 Å². The van der Waals surface area contributed by atoms with Crippen LogP contribution in [0.4, 0.5) is 5.69 Å². The molecule has 3 rings (SSSR count). The Morgan fingerprint density at radius 1 is 0.800 bits per heavy atom. The predicted octanol–water partition coefficient (Wildman–Crippen LogP) is -0.0519. The van der Waals surface area contributed by atoms with Crippen LogP contribution in [-0.4, -0.2) is 11.6 Å². The molecule has 0 unspecified atom stereocenters. The monoisotopic (exact) mass is 334 g/mol.